The minimum absolute atomic E-state index is 0.136. The molecule has 1 fully saturated rings. The van der Waals surface area contributed by atoms with E-state index in [2.05, 4.69) is 10.1 Å². The fourth-order valence-corrected chi connectivity index (χ4v) is 6.38. The second-order valence-electron chi connectivity index (χ2n) is 13.8. The zero-order chi connectivity index (χ0) is 38.2. The monoisotopic (exact) mass is 749 g/mol. The molecule has 1 aliphatic heterocycles. The predicted molar refractivity (Wildman–Crippen MR) is 184 cm³/mol. The standard InChI is InChI=1S/C34H37ClF5N9O3/c1-32(2,3)16-33(22-7-4-19(5-8-22)21-13-45-48(14-21)29(36)37)28(50)49(30(43)46-33)26(20-6-11-25(35)24(12-20)27(42)44-18-41)15-52-31(51)47(23-9-10-23)17-34(38,39)40/h4-8,11-14,18,23,26,29H,9-10,15-17H2,1-3H3,(H2,43,46)(H3,41,42,44)/t26-,33-/m1/s1. The van der Waals surface area contributed by atoms with Crippen molar-refractivity contribution >= 4 is 41.7 Å². The molecule has 2 heterocycles. The van der Waals surface area contributed by atoms with Crippen LogP contribution in [0.2, 0.25) is 5.02 Å². The Morgan fingerprint density at radius 2 is 1.85 bits per heavy atom. The highest BCUT2D eigenvalue weighted by molar-refractivity contribution is 6.34. The van der Waals surface area contributed by atoms with Crippen molar-refractivity contribution in [3.8, 4) is 11.1 Å². The van der Waals surface area contributed by atoms with Gasteiger partial charge < -0.3 is 16.2 Å². The molecule has 18 heteroatoms. The summed E-state index contributed by atoms with van der Waals surface area (Å²) in [6, 6.07) is 9.07. The largest absolute Gasteiger partial charge is 0.447 e. The van der Waals surface area contributed by atoms with Crippen LogP contribution in [0.5, 0.6) is 0 Å². The van der Waals surface area contributed by atoms with E-state index in [1.165, 1.54) is 30.6 Å². The molecule has 1 saturated carbocycles. The van der Waals surface area contributed by atoms with Crippen LogP contribution >= 0.6 is 11.6 Å². The van der Waals surface area contributed by atoms with Gasteiger partial charge in [0, 0.05) is 23.4 Å². The lowest BCUT2D eigenvalue weighted by Crippen LogP contribution is -2.48. The lowest BCUT2D eigenvalue weighted by molar-refractivity contribution is -0.144. The Kier molecular flexibility index (Phi) is 10.7. The number of ether oxygens (including phenoxy) is 1. The molecule has 0 radical (unpaired) electrons. The summed E-state index contributed by atoms with van der Waals surface area (Å²) in [6.45, 7) is 0.714. The fraction of sp³-hybridized carbons (Fsp3) is 0.412. The van der Waals surface area contributed by atoms with Crippen LogP contribution in [0.15, 0.2) is 64.8 Å². The van der Waals surface area contributed by atoms with Crippen molar-refractivity contribution in [3.63, 3.8) is 0 Å². The van der Waals surface area contributed by atoms with Gasteiger partial charge in [-0.25, -0.2) is 19.5 Å². The molecular weight excluding hydrogens is 713 g/mol. The molecule has 2 amide bonds. The van der Waals surface area contributed by atoms with Gasteiger partial charge in [0.15, 0.2) is 11.5 Å². The van der Waals surface area contributed by atoms with E-state index in [4.69, 9.17) is 38.2 Å². The predicted octanol–water partition coefficient (Wildman–Crippen LogP) is 6.60. The van der Waals surface area contributed by atoms with Crippen LogP contribution < -0.4 is 11.5 Å². The average molecular weight is 750 g/mol. The number of hydrogen-bond acceptors (Lipinski definition) is 7. The van der Waals surface area contributed by atoms with E-state index in [1.54, 1.807) is 24.3 Å². The maximum Gasteiger partial charge on any atom is 0.410 e. The van der Waals surface area contributed by atoms with Gasteiger partial charge in [0.25, 0.3) is 5.91 Å². The van der Waals surface area contributed by atoms with Crippen molar-refractivity contribution < 1.29 is 36.3 Å². The number of nitrogens with one attached hydrogen (secondary N) is 1. The molecule has 3 aromatic rings. The number of nitrogens with zero attached hydrogens (tertiary/aromatic N) is 6. The average Bonchev–Trinajstić information content (AvgIpc) is 3.72. The topological polar surface area (TPSA) is 168 Å². The fourth-order valence-electron chi connectivity index (χ4n) is 6.17. The molecule has 2 aromatic carbocycles. The molecule has 5 rings (SSSR count). The Morgan fingerprint density at radius 1 is 1.17 bits per heavy atom. The van der Waals surface area contributed by atoms with E-state index < -0.39 is 60.9 Å². The molecule has 5 N–H and O–H groups in total. The van der Waals surface area contributed by atoms with E-state index in [-0.39, 0.29) is 34.4 Å². The Labute approximate surface area is 300 Å². The number of alkyl halides is 5. The summed E-state index contributed by atoms with van der Waals surface area (Å²) in [7, 11) is 0. The number of rotatable bonds is 12. The van der Waals surface area contributed by atoms with Crippen molar-refractivity contribution in [2.24, 2.45) is 26.9 Å². The van der Waals surface area contributed by atoms with Crippen LogP contribution in [0.4, 0.5) is 26.7 Å². The molecule has 0 spiro atoms. The molecular formula is C34H37ClF5N9O3. The van der Waals surface area contributed by atoms with E-state index in [9.17, 15) is 31.5 Å². The molecule has 0 unspecified atom stereocenters. The van der Waals surface area contributed by atoms with Crippen LogP contribution in [-0.2, 0) is 15.1 Å². The third-order valence-corrected chi connectivity index (χ3v) is 8.84. The maximum absolute atomic E-state index is 14.9. The molecule has 0 saturated heterocycles. The first-order valence-electron chi connectivity index (χ1n) is 16.1. The molecule has 2 atom stereocenters. The van der Waals surface area contributed by atoms with E-state index >= 15 is 0 Å². The van der Waals surface area contributed by atoms with Gasteiger partial charge >= 0.3 is 18.8 Å². The molecule has 1 aromatic heterocycles. The van der Waals surface area contributed by atoms with Gasteiger partial charge in [-0.05, 0) is 53.5 Å². The second-order valence-corrected chi connectivity index (χ2v) is 14.2. The van der Waals surface area contributed by atoms with Crippen LogP contribution in [0.3, 0.4) is 0 Å². The summed E-state index contributed by atoms with van der Waals surface area (Å²) in [5.74, 6) is -1.02. The van der Waals surface area contributed by atoms with Gasteiger partial charge in [0.05, 0.1) is 17.3 Å². The van der Waals surface area contributed by atoms with Crippen LogP contribution in [-0.4, -0.2) is 75.1 Å². The Hall–Kier alpha value is -5.06. The molecule has 52 heavy (non-hydrogen) atoms. The third-order valence-electron chi connectivity index (χ3n) is 8.51. The van der Waals surface area contributed by atoms with Gasteiger partial charge in [-0.1, -0.05) is 62.7 Å². The number of amides is 2. The van der Waals surface area contributed by atoms with Gasteiger partial charge in [-0.3, -0.25) is 20.0 Å². The number of carbonyl (C=O) groups excluding carboxylic acids is 2. The number of benzene rings is 2. The number of aromatic nitrogens is 2. The Morgan fingerprint density at radius 3 is 2.40 bits per heavy atom. The summed E-state index contributed by atoms with van der Waals surface area (Å²) in [6.07, 6.45) is -1.82. The summed E-state index contributed by atoms with van der Waals surface area (Å²) < 4.78 is 72.6. The third kappa shape index (κ3) is 8.35. The number of amidine groups is 1. The molecule has 0 bridgehead atoms. The second kappa shape index (κ2) is 14.5. The van der Waals surface area contributed by atoms with Gasteiger partial charge in [-0.15, -0.1) is 0 Å². The first-order valence-corrected chi connectivity index (χ1v) is 16.5. The minimum atomic E-state index is -4.68. The number of aliphatic imine (C=N–C) groups is 2. The van der Waals surface area contributed by atoms with Gasteiger partial charge in [0.1, 0.15) is 25.3 Å². The number of hydrogen-bond donors (Lipinski definition) is 3. The molecule has 2 aliphatic rings. The highest BCUT2D eigenvalue weighted by Crippen LogP contribution is 2.45. The van der Waals surface area contributed by atoms with Crippen molar-refractivity contribution in [2.45, 2.75) is 70.4 Å². The quantitative estimate of drug-likeness (QED) is 0.107. The van der Waals surface area contributed by atoms with Crippen molar-refractivity contribution in [2.75, 3.05) is 13.2 Å². The van der Waals surface area contributed by atoms with Crippen molar-refractivity contribution in [1.82, 2.24) is 19.6 Å². The lowest BCUT2D eigenvalue weighted by atomic mass is 9.75. The maximum atomic E-state index is 14.9. The number of halogens is 6. The van der Waals surface area contributed by atoms with Gasteiger partial charge in [0.2, 0.25) is 0 Å². The van der Waals surface area contributed by atoms with E-state index in [0.29, 0.717) is 45.5 Å². The summed E-state index contributed by atoms with van der Waals surface area (Å²) in [4.78, 5) is 38.2. The summed E-state index contributed by atoms with van der Waals surface area (Å²) >= 11 is 6.39. The highest BCUT2D eigenvalue weighted by atomic mass is 35.5. The highest BCUT2D eigenvalue weighted by Gasteiger charge is 2.53. The van der Waals surface area contributed by atoms with Crippen LogP contribution in [0.25, 0.3) is 11.1 Å². The molecule has 1 aliphatic carbocycles. The molecule has 12 nitrogen and oxygen atoms in total. The van der Waals surface area contributed by atoms with Gasteiger partial charge in [-0.2, -0.15) is 27.1 Å². The zero-order valence-electron chi connectivity index (χ0n) is 28.4. The summed E-state index contributed by atoms with van der Waals surface area (Å²) in [5.41, 5.74) is 12.3. The lowest BCUT2D eigenvalue weighted by Gasteiger charge is -2.35. The van der Waals surface area contributed by atoms with Crippen molar-refractivity contribution in [1.29, 1.82) is 5.41 Å². The number of nitrogens with two attached hydrogens (primary N) is 2. The van der Waals surface area contributed by atoms with E-state index in [1.807, 2.05) is 20.8 Å². The normalized spacial score (nSPS) is 18.8. The first kappa shape index (κ1) is 38.2. The molecule has 278 valence electrons. The van der Waals surface area contributed by atoms with Crippen LogP contribution in [0, 0.1) is 10.8 Å². The minimum Gasteiger partial charge on any atom is -0.447 e. The SMILES string of the molecule is CC(C)(C)C[C@]1(c2ccc(-c3cnn(C(F)F)c3)cc2)N=C(N)N([C@H](COC(=O)N(CC(F)(F)F)C2CC2)c2ccc(Cl)c(C(N)=NC=N)c2)C1=O. The smallest absolute Gasteiger partial charge is 0.410 e. The van der Waals surface area contributed by atoms with E-state index in [0.717, 1.165) is 4.90 Å². The number of carbonyl (C=O) groups is 2. The first-order chi connectivity index (χ1) is 24.3. The zero-order valence-corrected chi connectivity index (χ0v) is 29.1. The number of guanidine groups is 1. The Balaban J connectivity index is 1.56. The van der Waals surface area contributed by atoms with Crippen molar-refractivity contribution in [3.05, 3.63) is 76.6 Å². The summed E-state index contributed by atoms with van der Waals surface area (Å²) in [5, 5.41) is 11.1. The Bertz CT molecular complexity index is 1890. The van der Waals surface area contributed by atoms with Crippen LogP contribution in [0.1, 0.15) is 69.3 Å².